The second-order valence-electron chi connectivity index (χ2n) is 5.08. The molecule has 1 amide bonds. The van der Waals surface area contributed by atoms with Crippen LogP contribution in [0.2, 0.25) is 0 Å². The maximum Gasteiger partial charge on any atom is 0.351 e. The smallest absolute Gasteiger partial charge is 0.351 e. The molecular formula is C16H14FN3O4. The summed E-state index contributed by atoms with van der Waals surface area (Å²) in [6, 6.07) is 9.82. The maximum absolute atomic E-state index is 13.8. The third-order valence-electron chi connectivity index (χ3n) is 3.42. The highest BCUT2D eigenvalue weighted by Gasteiger charge is 2.29. The largest absolute Gasteiger partial charge is 0.393 e. The molecule has 0 saturated heterocycles. The monoisotopic (exact) mass is 331 g/mol. The zero-order valence-electron chi connectivity index (χ0n) is 12.4. The molecule has 0 saturated carbocycles. The first-order valence-corrected chi connectivity index (χ1v) is 7.17. The highest BCUT2D eigenvalue weighted by molar-refractivity contribution is 6.03. The Balaban J connectivity index is 1.77. The molecule has 0 aliphatic carbocycles. The van der Waals surface area contributed by atoms with Gasteiger partial charge in [-0.15, -0.1) is 0 Å². The van der Waals surface area contributed by atoms with Crippen LogP contribution in [0.3, 0.4) is 0 Å². The van der Waals surface area contributed by atoms with Crippen LogP contribution in [0.1, 0.15) is 16.6 Å². The quantitative estimate of drug-likeness (QED) is 0.879. The minimum atomic E-state index is -1.26. The van der Waals surface area contributed by atoms with Crippen molar-refractivity contribution in [3.05, 3.63) is 70.5 Å². The van der Waals surface area contributed by atoms with Gasteiger partial charge in [0.15, 0.2) is 6.23 Å². The van der Waals surface area contributed by atoms with Gasteiger partial charge in [0.2, 0.25) is 0 Å². The maximum atomic E-state index is 13.8. The second kappa shape index (κ2) is 6.73. The van der Waals surface area contributed by atoms with Crippen molar-refractivity contribution in [3.63, 3.8) is 0 Å². The van der Waals surface area contributed by atoms with E-state index in [9.17, 15) is 14.0 Å². The Kier molecular flexibility index (Phi) is 4.50. The summed E-state index contributed by atoms with van der Waals surface area (Å²) in [5, 5.41) is 11.5. The van der Waals surface area contributed by atoms with Gasteiger partial charge in [0.1, 0.15) is 17.7 Å². The van der Waals surface area contributed by atoms with Crippen molar-refractivity contribution in [2.75, 3.05) is 11.9 Å². The van der Waals surface area contributed by atoms with E-state index in [1.807, 2.05) is 0 Å². The number of anilines is 1. The normalized spacial score (nSPS) is 19.8. The predicted octanol–water partition coefficient (Wildman–Crippen LogP) is 1.24. The van der Waals surface area contributed by atoms with Gasteiger partial charge in [-0.05, 0) is 24.3 Å². The third-order valence-corrected chi connectivity index (χ3v) is 3.42. The fraction of sp³-hybridized carbons (Fsp3) is 0.188. The van der Waals surface area contributed by atoms with Crippen molar-refractivity contribution in [3.8, 4) is 0 Å². The Labute approximate surface area is 136 Å². The van der Waals surface area contributed by atoms with Gasteiger partial charge in [0, 0.05) is 11.8 Å². The lowest BCUT2D eigenvalue weighted by molar-refractivity contribution is -0.0213. The topological polar surface area (TPSA) is 93.5 Å². The van der Waals surface area contributed by atoms with E-state index >= 15 is 0 Å². The molecule has 1 aliphatic heterocycles. The van der Waals surface area contributed by atoms with Gasteiger partial charge in [-0.25, -0.2) is 9.18 Å². The van der Waals surface area contributed by atoms with Crippen molar-refractivity contribution in [1.29, 1.82) is 0 Å². The third kappa shape index (κ3) is 3.24. The lowest BCUT2D eigenvalue weighted by Gasteiger charge is -2.15. The van der Waals surface area contributed by atoms with Gasteiger partial charge in [0.05, 0.1) is 6.61 Å². The molecule has 2 heterocycles. The highest BCUT2D eigenvalue weighted by Crippen LogP contribution is 2.28. The van der Waals surface area contributed by atoms with Crippen molar-refractivity contribution in [1.82, 2.24) is 9.55 Å². The first-order valence-electron chi connectivity index (χ1n) is 7.17. The van der Waals surface area contributed by atoms with Crippen molar-refractivity contribution in [2.45, 2.75) is 12.3 Å². The fourth-order valence-electron chi connectivity index (χ4n) is 2.26. The van der Waals surface area contributed by atoms with Gasteiger partial charge >= 0.3 is 5.69 Å². The molecule has 1 aliphatic rings. The number of rotatable bonds is 4. The van der Waals surface area contributed by atoms with E-state index in [1.54, 1.807) is 30.3 Å². The zero-order valence-corrected chi connectivity index (χ0v) is 12.4. The molecule has 8 heteroatoms. The summed E-state index contributed by atoms with van der Waals surface area (Å²) in [6.07, 6.45) is 0.302. The minimum Gasteiger partial charge on any atom is -0.393 e. The van der Waals surface area contributed by atoms with Crippen molar-refractivity contribution >= 4 is 11.7 Å². The van der Waals surface area contributed by atoms with E-state index in [0.29, 0.717) is 5.56 Å². The molecule has 2 atom stereocenters. The molecule has 0 bridgehead atoms. The standard InChI is InChI=1S/C16H14FN3O4/c17-12-8-11(9-21)24-15(12)20-7-6-13(19-16(20)23)18-14(22)10-4-2-1-3-5-10/h1-8,11,15,21H,9H2,(H,18,19,22,23)/t11-,15+/m1/s1. The summed E-state index contributed by atoms with van der Waals surface area (Å²) in [4.78, 5) is 27.8. The van der Waals surface area contributed by atoms with Crippen molar-refractivity contribution < 1.29 is 19.0 Å². The number of carbonyl (C=O) groups excluding carboxylic acids is 1. The number of aromatic nitrogens is 2. The number of aliphatic hydroxyl groups is 1. The molecule has 0 spiro atoms. The molecule has 0 fully saturated rings. The van der Waals surface area contributed by atoms with E-state index in [4.69, 9.17) is 9.84 Å². The fourth-order valence-corrected chi connectivity index (χ4v) is 2.26. The van der Waals surface area contributed by atoms with E-state index in [2.05, 4.69) is 10.3 Å². The first-order chi connectivity index (χ1) is 11.6. The Hall–Kier alpha value is -2.84. The Morgan fingerprint density at radius 3 is 2.71 bits per heavy atom. The molecule has 7 nitrogen and oxygen atoms in total. The molecule has 2 aromatic rings. The number of nitrogens with zero attached hydrogens (tertiary/aromatic N) is 2. The second-order valence-corrected chi connectivity index (χ2v) is 5.08. The molecular weight excluding hydrogens is 317 g/mol. The van der Waals surface area contributed by atoms with Crippen LogP contribution in [0.4, 0.5) is 10.2 Å². The summed E-state index contributed by atoms with van der Waals surface area (Å²) in [7, 11) is 0. The Morgan fingerprint density at radius 2 is 2.08 bits per heavy atom. The number of hydrogen-bond acceptors (Lipinski definition) is 5. The van der Waals surface area contributed by atoms with Gasteiger partial charge in [-0.1, -0.05) is 18.2 Å². The van der Waals surface area contributed by atoms with Crippen LogP contribution in [-0.4, -0.2) is 33.3 Å². The molecule has 2 N–H and O–H groups in total. The van der Waals surface area contributed by atoms with Gasteiger partial charge in [-0.2, -0.15) is 4.98 Å². The number of halogens is 1. The molecule has 0 unspecified atom stereocenters. The van der Waals surface area contributed by atoms with E-state index in [-0.39, 0.29) is 5.82 Å². The van der Waals surface area contributed by atoms with Crippen LogP contribution in [0.15, 0.2) is 59.3 Å². The highest BCUT2D eigenvalue weighted by atomic mass is 19.1. The van der Waals surface area contributed by atoms with Crippen LogP contribution >= 0.6 is 0 Å². The van der Waals surface area contributed by atoms with E-state index in [1.165, 1.54) is 12.3 Å². The van der Waals surface area contributed by atoms with E-state index in [0.717, 1.165) is 10.6 Å². The average molecular weight is 331 g/mol. The number of carbonyl (C=O) groups is 1. The summed E-state index contributed by atoms with van der Waals surface area (Å²) >= 11 is 0. The SMILES string of the molecule is O=C(Nc1ccn([C@H]2O[C@@H](CO)C=C2F)c(=O)n1)c1ccccc1. The molecule has 1 aromatic carbocycles. The van der Waals surface area contributed by atoms with Crippen LogP contribution in [0, 0.1) is 0 Å². The van der Waals surface area contributed by atoms with Gasteiger partial charge in [-0.3, -0.25) is 9.36 Å². The number of aliphatic hydroxyl groups excluding tert-OH is 1. The number of benzene rings is 1. The Morgan fingerprint density at radius 1 is 1.33 bits per heavy atom. The number of amides is 1. The van der Waals surface area contributed by atoms with Crippen LogP contribution in [-0.2, 0) is 4.74 Å². The van der Waals surface area contributed by atoms with Crippen LogP contribution in [0.5, 0.6) is 0 Å². The minimum absolute atomic E-state index is 0.0474. The lowest BCUT2D eigenvalue weighted by atomic mass is 10.2. The Bertz CT molecular complexity index is 835. The van der Waals surface area contributed by atoms with Crippen LogP contribution < -0.4 is 11.0 Å². The zero-order chi connectivity index (χ0) is 17.1. The van der Waals surface area contributed by atoms with Crippen LogP contribution in [0.25, 0.3) is 0 Å². The predicted molar refractivity (Wildman–Crippen MR) is 83.1 cm³/mol. The van der Waals surface area contributed by atoms with E-state index < -0.39 is 36.4 Å². The molecule has 124 valence electrons. The number of ether oxygens (including phenoxy) is 1. The summed E-state index contributed by atoms with van der Waals surface area (Å²) in [6.45, 7) is -0.392. The molecule has 1 aromatic heterocycles. The summed E-state index contributed by atoms with van der Waals surface area (Å²) in [5.74, 6) is -1.05. The first kappa shape index (κ1) is 16.0. The molecule has 24 heavy (non-hydrogen) atoms. The number of hydrogen-bond donors (Lipinski definition) is 2. The summed E-state index contributed by atoms with van der Waals surface area (Å²) < 4.78 is 19.9. The van der Waals surface area contributed by atoms with Crippen molar-refractivity contribution in [2.24, 2.45) is 0 Å². The molecule has 3 rings (SSSR count). The van der Waals surface area contributed by atoms with Gasteiger partial charge < -0.3 is 15.2 Å². The van der Waals surface area contributed by atoms with Gasteiger partial charge in [0.25, 0.3) is 5.91 Å². The summed E-state index contributed by atoms with van der Waals surface area (Å²) in [5.41, 5.74) is -0.365. The lowest BCUT2D eigenvalue weighted by Crippen LogP contribution is -2.29. The number of nitrogens with one attached hydrogen (secondary N) is 1. The average Bonchev–Trinajstić information content (AvgIpc) is 2.96. The molecule has 0 radical (unpaired) electrons.